The van der Waals surface area contributed by atoms with Crippen LogP contribution in [0.3, 0.4) is 0 Å². The van der Waals surface area contributed by atoms with Gasteiger partial charge in [0.05, 0.1) is 11.2 Å². The van der Waals surface area contributed by atoms with Crippen molar-refractivity contribution >= 4 is 21.4 Å². The zero-order valence-corrected chi connectivity index (χ0v) is 12.6. The molecule has 2 N–H and O–H groups in total. The molecule has 0 radical (unpaired) electrons. The molecule has 106 valence electrons. The lowest BCUT2D eigenvalue weighted by Crippen LogP contribution is -2.38. The number of thiazole rings is 1. The summed E-state index contributed by atoms with van der Waals surface area (Å²) < 4.78 is 27.1. The second-order valence-electron chi connectivity index (χ2n) is 5.54. The molecule has 1 aliphatic heterocycles. The number of rotatable bonds is 2. The summed E-state index contributed by atoms with van der Waals surface area (Å²) in [7, 11) is -3.37. The van der Waals surface area contributed by atoms with Crippen molar-refractivity contribution in [2.75, 3.05) is 13.1 Å². The molecule has 5 nitrogen and oxygen atoms in total. The first kappa shape index (κ1) is 13.5. The number of sulfonamides is 1. The monoisotopic (exact) mass is 301 g/mol. The van der Waals surface area contributed by atoms with Gasteiger partial charge in [0.25, 0.3) is 10.0 Å². The summed E-state index contributed by atoms with van der Waals surface area (Å²) in [5.41, 5.74) is 6.14. The minimum atomic E-state index is -3.37. The number of aromatic nitrogens is 1. The number of aryl methyl sites for hydroxylation is 1. The van der Waals surface area contributed by atoms with E-state index in [2.05, 4.69) is 4.98 Å². The van der Waals surface area contributed by atoms with Gasteiger partial charge in [-0.25, -0.2) is 13.4 Å². The molecule has 3 rings (SSSR count). The normalized spacial score (nSPS) is 32.4. The van der Waals surface area contributed by atoms with Gasteiger partial charge in [-0.05, 0) is 31.6 Å². The Morgan fingerprint density at radius 3 is 2.84 bits per heavy atom. The van der Waals surface area contributed by atoms with Crippen LogP contribution >= 0.6 is 11.3 Å². The van der Waals surface area contributed by atoms with Gasteiger partial charge in [0.2, 0.25) is 0 Å². The van der Waals surface area contributed by atoms with E-state index < -0.39 is 10.0 Å². The molecule has 1 aliphatic carbocycles. The summed E-state index contributed by atoms with van der Waals surface area (Å²) in [4.78, 5) is 4.05. The van der Waals surface area contributed by atoms with Crippen LogP contribution in [-0.4, -0.2) is 36.8 Å². The van der Waals surface area contributed by atoms with Crippen LogP contribution in [0.15, 0.2) is 10.4 Å². The third-order valence-corrected chi connectivity index (χ3v) is 7.50. The number of fused-ring (bicyclic) bond motifs is 1. The fourth-order valence-corrected chi connectivity index (χ4v) is 6.06. The topological polar surface area (TPSA) is 76.3 Å². The maximum absolute atomic E-state index is 12.6. The van der Waals surface area contributed by atoms with E-state index in [-0.39, 0.29) is 6.04 Å². The molecule has 19 heavy (non-hydrogen) atoms. The molecular formula is C12H19N3O2S2. The molecule has 2 fully saturated rings. The molecule has 0 amide bonds. The van der Waals surface area contributed by atoms with Crippen LogP contribution in [0.2, 0.25) is 0 Å². The van der Waals surface area contributed by atoms with Gasteiger partial charge in [0, 0.05) is 19.1 Å². The summed E-state index contributed by atoms with van der Waals surface area (Å²) in [6.07, 6.45) is 4.72. The van der Waals surface area contributed by atoms with Crippen LogP contribution in [0.5, 0.6) is 0 Å². The molecule has 3 atom stereocenters. The fraction of sp³-hybridized carbons (Fsp3) is 0.750. The zero-order chi connectivity index (χ0) is 13.6. The standard InChI is InChI=1S/C12H19N3O2S2/c1-8-14-5-12(18-8)19(16,17)15-6-9-3-2-4-11(13)10(9)7-15/h5,9-11H,2-4,6-7,13H2,1H3. The Bertz CT molecular complexity index is 569. The molecule has 1 aromatic rings. The van der Waals surface area contributed by atoms with E-state index in [1.54, 1.807) is 4.31 Å². The van der Waals surface area contributed by atoms with E-state index in [0.29, 0.717) is 29.1 Å². The van der Waals surface area contributed by atoms with E-state index in [4.69, 9.17) is 5.73 Å². The van der Waals surface area contributed by atoms with E-state index in [9.17, 15) is 8.42 Å². The average molecular weight is 301 g/mol. The molecule has 1 saturated heterocycles. The second kappa shape index (κ2) is 4.80. The molecule has 2 heterocycles. The molecule has 0 aromatic carbocycles. The summed E-state index contributed by atoms with van der Waals surface area (Å²) in [5, 5.41) is 0.784. The zero-order valence-electron chi connectivity index (χ0n) is 10.9. The average Bonchev–Trinajstić information content (AvgIpc) is 2.96. The van der Waals surface area contributed by atoms with Gasteiger partial charge >= 0.3 is 0 Å². The SMILES string of the molecule is Cc1ncc(S(=O)(=O)N2CC3CCCC(N)C3C2)s1. The highest BCUT2D eigenvalue weighted by molar-refractivity contribution is 7.91. The van der Waals surface area contributed by atoms with Gasteiger partial charge in [-0.15, -0.1) is 11.3 Å². The highest BCUT2D eigenvalue weighted by Crippen LogP contribution is 2.38. The van der Waals surface area contributed by atoms with Gasteiger partial charge in [0.1, 0.15) is 0 Å². The fourth-order valence-electron chi connectivity index (χ4n) is 3.26. The summed E-state index contributed by atoms with van der Waals surface area (Å²) in [5.74, 6) is 0.769. The minimum absolute atomic E-state index is 0.155. The Labute approximate surface area is 117 Å². The largest absolute Gasteiger partial charge is 0.327 e. The molecule has 7 heteroatoms. The molecule has 1 saturated carbocycles. The van der Waals surface area contributed by atoms with Crippen LogP contribution in [0, 0.1) is 18.8 Å². The number of hydrogen-bond acceptors (Lipinski definition) is 5. The van der Waals surface area contributed by atoms with Crippen LogP contribution in [-0.2, 0) is 10.0 Å². The minimum Gasteiger partial charge on any atom is -0.327 e. The van der Waals surface area contributed by atoms with Gasteiger partial charge < -0.3 is 5.73 Å². The third-order valence-electron chi connectivity index (χ3n) is 4.31. The van der Waals surface area contributed by atoms with Gasteiger partial charge in [-0.2, -0.15) is 4.31 Å². The Morgan fingerprint density at radius 1 is 1.42 bits per heavy atom. The van der Waals surface area contributed by atoms with Crippen LogP contribution < -0.4 is 5.73 Å². The lowest BCUT2D eigenvalue weighted by Gasteiger charge is -2.29. The first-order valence-electron chi connectivity index (χ1n) is 6.66. The summed E-state index contributed by atoms with van der Waals surface area (Å²) in [6, 6.07) is 0.155. The quantitative estimate of drug-likeness (QED) is 0.890. The Balaban J connectivity index is 1.84. The van der Waals surface area contributed by atoms with Crippen LogP contribution in [0.1, 0.15) is 24.3 Å². The van der Waals surface area contributed by atoms with Crippen molar-refractivity contribution in [3.8, 4) is 0 Å². The lowest BCUT2D eigenvalue weighted by molar-refractivity contribution is 0.260. The molecule has 1 aromatic heterocycles. The number of nitrogens with two attached hydrogens (primary N) is 1. The summed E-state index contributed by atoms with van der Waals surface area (Å²) in [6.45, 7) is 3.02. The Morgan fingerprint density at radius 2 is 2.21 bits per heavy atom. The van der Waals surface area contributed by atoms with Crippen molar-refractivity contribution in [2.24, 2.45) is 17.6 Å². The number of nitrogens with zero attached hydrogens (tertiary/aromatic N) is 2. The predicted octanol–water partition coefficient (Wildman–Crippen LogP) is 1.20. The maximum atomic E-state index is 12.6. The van der Waals surface area contributed by atoms with Crippen molar-refractivity contribution in [3.63, 3.8) is 0 Å². The molecule has 2 aliphatic rings. The van der Waals surface area contributed by atoms with Crippen molar-refractivity contribution in [2.45, 2.75) is 36.4 Å². The van der Waals surface area contributed by atoms with Crippen molar-refractivity contribution in [1.29, 1.82) is 0 Å². The van der Waals surface area contributed by atoms with Gasteiger partial charge in [-0.3, -0.25) is 0 Å². The first-order chi connectivity index (χ1) is 8.98. The van der Waals surface area contributed by atoms with Crippen LogP contribution in [0.25, 0.3) is 0 Å². The van der Waals surface area contributed by atoms with Gasteiger partial charge in [0.15, 0.2) is 4.21 Å². The lowest BCUT2D eigenvalue weighted by atomic mass is 9.78. The van der Waals surface area contributed by atoms with E-state index in [1.807, 2.05) is 6.92 Å². The highest BCUT2D eigenvalue weighted by Gasteiger charge is 2.43. The second-order valence-corrected chi connectivity index (χ2v) is 8.94. The Hall–Kier alpha value is -0.500. The molecule has 3 unspecified atom stereocenters. The summed E-state index contributed by atoms with van der Waals surface area (Å²) >= 11 is 1.24. The third kappa shape index (κ3) is 2.33. The maximum Gasteiger partial charge on any atom is 0.254 e. The van der Waals surface area contributed by atoms with Gasteiger partial charge in [-0.1, -0.05) is 6.42 Å². The van der Waals surface area contributed by atoms with E-state index in [1.165, 1.54) is 17.5 Å². The highest BCUT2D eigenvalue weighted by atomic mass is 32.2. The number of hydrogen-bond donors (Lipinski definition) is 1. The van der Waals surface area contributed by atoms with Crippen molar-refractivity contribution in [1.82, 2.24) is 9.29 Å². The molecular weight excluding hydrogens is 282 g/mol. The predicted molar refractivity (Wildman–Crippen MR) is 74.4 cm³/mol. The Kier molecular flexibility index (Phi) is 3.41. The first-order valence-corrected chi connectivity index (χ1v) is 8.92. The van der Waals surface area contributed by atoms with E-state index >= 15 is 0 Å². The van der Waals surface area contributed by atoms with Crippen LogP contribution in [0.4, 0.5) is 0 Å². The van der Waals surface area contributed by atoms with Crippen molar-refractivity contribution in [3.05, 3.63) is 11.2 Å². The molecule has 0 bridgehead atoms. The van der Waals surface area contributed by atoms with E-state index in [0.717, 1.165) is 24.3 Å². The van der Waals surface area contributed by atoms with Crippen molar-refractivity contribution < 1.29 is 8.42 Å². The smallest absolute Gasteiger partial charge is 0.254 e. The molecule has 0 spiro atoms.